The first-order chi connectivity index (χ1) is 40.4. The smallest absolute Gasteiger partial charge is 1.00 e. The van der Waals surface area contributed by atoms with Crippen molar-refractivity contribution in [2.45, 2.75) is 33.5 Å². The molecule has 0 aromatic heterocycles. The van der Waals surface area contributed by atoms with Crippen molar-refractivity contribution in [3.8, 4) is 40.2 Å². The Labute approximate surface area is 561 Å². The Bertz CT molecular complexity index is 3280. The van der Waals surface area contributed by atoms with Gasteiger partial charge in [0.2, 0.25) is 6.29 Å². The second-order valence-electron chi connectivity index (χ2n) is 16.3. The van der Waals surface area contributed by atoms with Crippen LogP contribution in [0.15, 0.2) is 148 Å². The van der Waals surface area contributed by atoms with E-state index in [1.807, 2.05) is 41.3 Å². The number of methoxy groups -OCH3 is 8. The van der Waals surface area contributed by atoms with Crippen LogP contribution in [0.5, 0.6) is 40.2 Å². The molecule has 0 spiro atoms. The molecule has 3 N–H and O–H groups in total. The summed E-state index contributed by atoms with van der Waals surface area (Å²) >= 11 is 8.75. The van der Waals surface area contributed by atoms with Crippen LogP contribution in [0.4, 0.5) is 0 Å². The van der Waals surface area contributed by atoms with Gasteiger partial charge in [-0.05, 0) is 144 Å². The maximum absolute atomic E-state index is 11.8. The van der Waals surface area contributed by atoms with E-state index in [0.29, 0.717) is 86.3 Å². The molecule has 3 radical (unpaired) electrons. The fourth-order valence-corrected chi connectivity index (χ4v) is 7.49. The predicted molar refractivity (Wildman–Crippen MR) is 338 cm³/mol. The van der Waals surface area contributed by atoms with Crippen LogP contribution in [0.1, 0.15) is 99.5 Å². The average molecular weight is 1450 g/mol. The summed E-state index contributed by atoms with van der Waals surface area (Å²) < 4.78 is 55.9. The van der Waals surface area contributed by atoms with Gasteiger partial charge in [-0.2, -0.15) is 0 Å². The first-order valence-corrected chi connectivity index (χ1v) is 28.1. The number of esters is 5. The number of ether oxygens (including phenoxy) is 11. The minimum absolute atomic E-state index is 0. The molecule has 87 heavy (non-hydrogen) atoms. The molecule has 459 valence electrons. The molecule has 0 amide bonds. The van der Waals surface area contributed by atoms with Gasteiger partial charge in [-0.25, -0.2) is 24.0 Å². The van der Waals surface area contributed by atoms with E-state index < -0.39 is 30.2 Å². The molecule has 0 aliphatic carbocycles. The number of aliphatic hydroxyl groups is 2. The van der Waals surface area contributed by atoms with E-state index in [-0.39, 0.29) is 77.1 Å². The molecule has 2 aliphatic rings. The quantitative estimate of drug-likeness (QED) is 0.0243. The van der Waals surface area contributed by atoms with Crippen LogP contribution < -0.4 is 58.0 Å². The maximum Gasteiger partial charge on any atom is 1.00 e. The van der Waals surface area contributed by atoms with E-state index in [9.17, 15) is 33.9 Å². The van der Waals surface area contributed by atoms with Crippen LogP contribution in [0.2, 0.25) is 0 Å². The molecular weight excluding hydrogens is 1390 g/mol. The van der Waals surface area contributed by atoms with E-state index in [1.54, 1.807) is 105 Å². The Morgan fingerprint density at radius 1 is 0.575 bits per heavy atom. The van der Waals surface area contributed by atoms with E-state index in [2.05, 4.69) is 68.7 Å². The molecular formula is C62H66BBr2INaO20. The molecule has 1 atom stereocenters. The summed E-state index contributed by atoms with van der Waals surface area (Å²) in [5.74, 6) is 1.91. The Balaban J connectivity index is 0. The minimum atomic E-state index is -1.13. The Morgan fingerprint density at radius 3 is 1.45 bits per heavy atom. The first-order valence-electron chi connectivity index (χ1n) is 24.4. The number of fused-ring (bicyclic) bond motifs is 2. The molecule has 2 aliphatic heterocycles. The van der Waals surface area contributed by atoms with Gasteiger partial charge in [0, 0.05) is 39.6 Å². The van der Waals surface area contributed by atoms with Gasteiger partial charge in [0.15, 0.2) is 6.29 Å². The standard InChI is InChI=1S/C16H15BrO4.C10H12O4.C10H10O4.C9H8O4.C9H8O3.C6H5BrO.CH3I.CH4.B.Na.H/c1-19-14-7-8-15(16(18)20-2)11(9-14)10-21-13-5-3-12(17)4-6-13;2*1-13-8-3-4-9(10(12)14-2)7(5-8)6-11;1-12-5-2-3-6-7(4-5)9(11)13-8(6)10;1-11-7-3-2-6-5-12-9(10)8(6)4-7;7-5-1-3-6(8)4-2-5;1-2;;;;/h3-9H,10H2,1-2H3;3-5,11H,6H2,1-2H3;3-6H,1-2H3;2-4,8,10H,1H3;2-4H,5H2,1H3;1-4,8H;1H3;1H4;;;/q;;;;;;;;;+1;-1. The summed E-state index contributed by atoms with van der Waals surface area (Å²) in [6, 6.07) is 39.1. The van der Waals surface area contributed by atoms with Crippen LogP contribution in [0.25, 0.3) is 0 Å². The number of aromatic hydroxyl groups is 1. The van der Waals surface area contributed by atoms with E-state index >= 15 is 0 Å². The average Bonchev–Trinajstić information content (AvgIpc) is 2.83. The number of phenolic OH excluding ortho intramolecular Hbond substituents is 1. The van der Waals surface area contributed by atoms with Gasteiger partial charge in [0.25, 0.3) is 0 Å². The Morgan fingerprint density at radius 2 is 0.977 bits per heavy atom. The van der Waals surface area contributed by atoms with Crippen LogP contribution in [-0.2, 0) is 43.5 Å². The number of cyclic esters (lactones) is 2. The zero-order valence-corrected chi connectivity index (χ0v) is 55.9. The predicted octanol–water partition coefficient (Wildman–Crippen LogP) is 8.89. The van der Waals surface area contributed by atoms with Crippen LogP contribution in [0.3, 0.4) is 0 Å². The van der Waals surface area contributed by atoms with E-state index in [4.69, 9.17) is 48.1 Å². The van der Waals surface area contributed by atoms with Gasteiger partial charge in [-0.3, -0.25) is 4.79 Å². The van der Waals surface area contributed by atoms with Crippen molar-refractivity contribution in [1.29, 1.82) is 0 Å². The normalized spacial score (nSPS) is 11.2. The fourth-order valence-electron chi connectivity index (χ4n) is 6.96. The van der Waals surface area contributed by atoms with Gasteiger partial charge in [0.1, 0.15) is 53.5 Å². The molecule has 0 saturated carbocycles. The van der Waals surface area contributed by atoms with Crippen molar-refractivity contribution in [1.82, 2.24) is 0 Å². The third-order valence-electron chi connectivity index (χ3n) is 11.3. The summed E-state index contributed by atoms with van der Waals surface area (Å²) in [5.41, 5.74) is 4.94. The number of carbonyl (C=O) groups excluding carboxylic acids is 6. The zero-order valence-electron chi connectivity index (χ0n) is 49.5. The molecule has 9 rings (SSSR count). The number of rotatable bonds is 13. The summed E-state index contributed by atoms with van der Waals surface area (Å²) in [7, 11) is 11.6. The molecule has 0 fully saturated rings. The largest absolute Gasteiger partial charge is 1.00 e. The number of aldehydes is 1. The molecule has 0 saturated heterocycles. The third-order valence-corrected chi connectivity index (χ3v) is 12.3. The van der Waals surface area contributed by atoms with Gasteiger partial charge in [-0.1, -0.05) is 67.9 Å². The van der Waals surface area contributed by atoms with Crippen LogP contribution >= 0.6 is 54.5 Å². The summed E-state index contributed by atoms with van der Waals surface area (Å²) in [4.78, 5) is 68.9. The maximum atomic E-state index is 11.8. The van der Waals surface area contributed by atoms with Crippen LogP contribution in [-0.4, -0.2) is 122 Å². The van der Waals surface area contributed by atoms with E-state index in [1.165, 1.54) is 54.8 Å². The molecule has 25 heteroatoms. The van der Waals surface area contributed by atoms with Gasteiger partial charge < -0.3 is 68.9 Å². The molecule has 2 heterocycles. The van der Waals surface area contributed by atoms with Crippen molar-refractivity contribution in [2.24, 2.45) is 0 Å². The number of carbonyl (C=O) groups is 6. The molecule has 7 aromatic carbocycles. The van der Waals surface area contributed by atoms with Crippen molar-refractivity contribution in [2.75, 3.05) is 61.8 Å². The number of halogens is 3. The van der Waals surface area contributed by atoms with Crippen molar-refractivity contribution >= 4 is 99.0 Å². The van der Waals surface area contributed by atoms with Gasteiger partial charge in [-0.15, -0.1) is 0 Å². The topological polar surface area (TPSA) is 265 Å². The molecule has 20 nitrogen and oxygen atoms in total. The number of aliphatic hydroxyl groups excluding tert-OH is 2. The zero-order chi connectivity index (χ0) is 62.3. The van der Waals surface area contributed by atoms with Crippen molar-refractivity contribution in [3.05, 3.63) is 204 Å². The number of alkyl halides is 1. The minimum Gasteiger partial charge on any atom is -1.00 e. The summed E-state index contributed by atoms with van der Waals surface area (Å²) in [6.07, 6.45) is -0.539. The summed E-state index contributed by atoms with van der Waals surface area (Å²) in [6.45, 7) is 0.420. The monoisotopic (exact) mass is 1450 g/mol. The Hall–Kier alpha value is -7.17. The molecule has 0 bridgehead atoms. The van der Waals surface area contributed by atoms with Gasteiger partial charge >= 0.3 is 59.4 Å². The number of hydrogen-bond acceptors (Lipinski definition) is 20. The van der Waals surface area contributed by atoms with Crippen molar-refractivity contribution < 1.29 is 127 Å². The molecule has 7 aromatic rings. The summed E-state index contributed by atoms with van der Waals surface area (Å²) in [5, 5.41) is 27.0. The number of phenols is 1. The number of hydrogen-bond donors (Lipinski definition) is 3. The second-order valence-corrected chi connectivity index (χ2v) is 18.1. The third kappa shape index (κ3) is 25.2. The SMILES string of the molecule is C.CI.COC(=O)c1ccc(OC)cc1C=O.COC(=O)c1ccc(OC)cc1CO.COC(=O)c1ccc(OC)cc1COc1ccc(Br)cc1.COc1ccc2c(c1)C(=O)OC2.COc1ccc2c(c1)C(=O)OC2O.Oc1ccc(Br)cc1.[B].[H-].[Na+]. The number of benzene rings is 7. The van der Waals surface area contributed by atoms with E-state index in [0.717, 1.165) is 20.3 Å². The molecule has 1 unspecified atom stereocenters. The van der Waals surface area contributed by atoms with Crippen molar-refractivity contribution in [3.63, 3.8) is 0 Å². The van der Waals surface area contributed by atoms with Gasteiger partial charge in [0.05, 0.1) is 91.3 Å². The second kappa shape index (κ2) is 42.6. The van der Waals surface area contributed by atoms with Crippen LogP contribution in [0, 0.1) is 0 Å². The fraction of sp³-hybridized carbons (Fsp3) is 0.226. The Kier molecular flexibility index (Phi) is 39.1. The first kappa shape index (κ1) is 79.8.